The lowest BCUT2D eigenvalue weighted by atomic mass is 10.3. The number of anilines is 1. The van der Waals surface area contributed by atoms with Gasteiger partial charge in [-0.05, 0) is 32.1 Å². The summed E-state index contributed by atoms with van der Waals surface area (Å²) in [6.45, 7) is 0.843. The van der Waals surface area contributed by atoms with E-state index in [-0.39, 0.29) is 12.5 Å². The summed E-state index contributed by atoms with van der Waals surface area (Å²) in [6.07, 6.45) is 0.566. The molecule has 0 saturated carbocycles. The van der Waals surface area contributed by atoms with Crippen LogP contribution in [-0.4, -0.2) is 34.6 Å². The zero-order valence-electron chi connectivity index (χ0n) is 10.1. The SMILES string of the molecule is CNCCCS(=O)(=O)Nc1ccc2c(c1)OCO2. The van der Waals surface area contributed by atoms with Gasteiger partial charge in [0.2, 0.25) is 16.8 Å². The molecule has 1 aliphatic rings. The van der Waals surface area contributed by atoms with Gasteiger partial charge in [0.25, 0.3) is 0 Å². The highest BCUT2D eigenvalue weighted by molar-refractivity contribution is 7.92. The largest absolute Gasteiger partial charge is 0.454 e. The highest BCUT2D eigenvalue weighted by atomic mass is 32.2. The molecule has 1 aromatic carbocycles. The van der Waals surface area contributed by atoms with E-state index in [9.17, 15) is 8.42 Å². The summed E-state index contributed by atoms with van der Waals surface area (Å²) in [7, 11) is -1.52. The van der Waals surface area contributed by atoms with Crippen LogP contribution in [0.15, 0.2) is 18.2 Å². The van der Waals surface area contributed by atoms with Crippen LogP contribution >= 0.6 is 0 Å². The molecular formula is C11H16N2O4S. The fourth-order valence-electron chi connectivity index (χ4n) is 1.63. The normalized spacial score (nSPS) is 13.6. The van der Waals surface area contributed by atoms with E-state index in [0.717, 1.165) is 0 Å². The average Bonchev–Trinajstić information content (AvgIpc) is 2.75. The molecule has 0 bridgehead atoms. The van der Waals surface area contributed by atoms with Crippen molar-refractivity contribution in [3.8, 4) is 11.5 Å². The van der Waals surface area contributed by atoms with Gasteiger partial charge in [0.05, 0.1) is 11.4 Å². The van der Waals surface area contributed by atoms with Crippen LogP contribution < -0.4 is 19.5 Å². The highest BCUT2D eigenvalue weighted by Crippen LogP contribution is 2.34. The Labute approximate surface area is 106 Å². The van der Waals surface area contributed by atoms with Gasteiger partial charge in [-0.25, -0.2) is 8.42 Å². The van der Waals surface area contributed by atoms with Gasteiger partial charge in [0.15, 0.2) is 11.5 Å². The van der Waals surface area contributed by atoms with Crippen LogP contribution in [0, 0.1) is 0 Å². The lowest BCUT2D eigenvalue weighted by molar-refractivity contribution is 0.174. The Bertz CT molecular complexity index is 516. The van der Waals surface area contributed by atoms with Crippen LogP contribution in [0.2, 0.25) is 0 Å². The summed E-state index contributed by atoms with van der Waals surface area (Å²) in [5.74, 6) is 1.28. The quantitative estimate of drug-likeness (QED) is 0.748. The number of benzene rings is 1. The lowest BCUT2D eigenvalue weighted by Crippen LogP contribution is -2.20. The molecule has 100 valence electrons. The van der Waals surface area contributed by atoms with Gasteiger partial charge in [-0.2, -0.15) is 0 Å². The zero-order chi connectivity index (χ0) is 13.0. The first-order valence-corrected chi connectivity index (χ1v) is 7.31. The molecule has 1 aliphatic heterocycles. The second kappa shape index (κ2) is 5.45. The molecule has 0 saturated heterocycles. The van der Waals surface area contributed by atoms with Crippen molar-refractivity contribution >= 4 is 15.7 Å². The van der Waals surface area contributed by atoms with Crippen molar-refractivity contribution in [1.82, 2.24) is 5.32 Å². The van der Waals surface area contributed by atoms with Crippen LogP contribution in [0.25, 0.3) is 0 Å². The van der Waals surface area contributed by atoms with Crippen LogP contribution in [0.5, 0.6) is 11.5 Å². The van der Waals surface area contributed by atoms with Crippen LogP contribution in [0.1, 0.15) is 6.42 Å². The molecule has 7 heteroatoms. The molecule has 0 unspecified atom stereocenters. The fourth-order valence-corrected chi connectivity index (χ4v) is 2.74. The molecule has 0 fully saturated rings. The topological polar surface area (TPSA) is 76.7 Å². The summed E-state index contributed by atoms with van der Waals surface area (Å²) in [6, 6.07) is 4.97. The van der Waals surface area contributed by atoms with Gasteiger partial charge >= 0.3 is 0 Å². The Morgan fingerprint density at radius 2 is 2.06 bits per heavy atom. The van der Waals surface area contributed by atoms with Gasteiger partial charge in [-0.3, -0.25) is 4.72 Å². The van der Waals surface area contributed by atoms with Crippen molar-refractivity contribution in [3.63, 3.8) is 0 Å². The maximum absolute atomic E-state index is 11.8. The van der Waals surface area contributed by atoms with Gasteiger partial charge in [-0.1, -0.05) is 0 Å². The first-order chi connectivity index (χ1) is 8.61. The number of hydrogen-bond acceptors (Lipinski definition) is 5. The van der Waals surface area contributed by atoms with Crippen LogP contribution in [-0.2, 0) is 10.0 Å². The molecule has 18 heavy (non-hydrogen) atoms. The van der Waals surface area contributed by atoms with Crippen molar-refractivity contribution in [2.75, 3.05) is 30.9 Å². The van der Waals surface area contributed by atoms with E-state index in [1.165, 1.54) is 0 Å². The van der Waals surface area contributed by atoms with Crippen molar-refractivity contribution in [3.05, 3.63) is 18.2 Å². The van der Waals surface area contributed by atoms with E-state index in [4.69, 9.17) is 9.47 Å². The molecule has 6 nitrogen and oxygen atoms in total. The molecular weight excluding hydrogens is 256 g/mol. The van der Waals surface area contributed by atoms with Crippen LogP contribution in [0.3, 0.4) is 0 Å². The minimum absolute atomic E-state index is 0.0856. The summed E-state index contributed by atoms with van der Waals surface area (Å²) in [5.41, 5.74) is 0.490. The molecule has 1 heterocycles. The van der Waals surface area contributed by atoms with Crippen LogP contribution in [0.4, 0.5) is 5.69 Å². The van der Waals surface area contributed by atoms with Crippen molar-refractivity contribution in [2.24, 2.45) is 0 Å². The lowest BCUT2D eigenvalue weighted by Gasteiger charge is -2.08. The molecule has 0 atom stereocenters. The third kappa shape index (κ3) is 3.27. The van der Waals surface area contributed by atoms with E-state index in [1.54, 1.807) is 25.2 Å². The number of sulfonamides is 1. The zero-order valence-corrected chi connectivity index (χ0v) is 10.9. The minimum Gasteiger partial charge on any atom is -0.454 e. The average molecular weight is 272 g/mol. The van der Waals surface area contributed by atoms with E-state index >= 15 is 0 Å². The second-order valence-corrected chi connectivity index (χ2v) is 5.79. The predicted octanol–water partition coefficient (Wildman–Crippen LogP) is 0.766. The van der Waals surface area contributed by atoms with E-state index < -0.39 is 10.0 Å². The molecule has 0 amide bonds. The Balaban J connectivity index is 2.00. The maximum Gasteiger partial charge on any atom is 0.232 e. The first-order valence-electron chi connectivity index (χ1n) is 5.65. The van der Waals surface area contributed by atoms with E-state index in [2.05, 4.69) is 10.0 Å². The predicted molar refractivity (Wildman–Crippen MR) is 68.5 cm³/mol. The molecule has 1 aromatic rings. The molecule has 2 N–H and O–H groups in total. The van der Waals surface area contributed by atoms with Crippen molar-refractivity contribution in [2.45, 2.75) is 6.42 Å². The Morgan fingerprint density at radius 3 is 2.83 bits per heavy atom. The summed E-state index contributed by atoms with van der Waals surface area (Å²) < 4.78 is 36.4. The number of fused-ring (bicyclic) bond motifs is 1. The molecule has 0 aromatic heterocycles. The van der Waals surface area contributed by atoms with E-state index in [0.29, 0.717) is 30.2 Å². The van der Waals surface area contributed by atoms with Gasteiger partial charge in [0.1, 0.15) is 0 Å². The summed E-state index contributed by atoms with van der Waals surface area (Å²) in [5, 5.41) is 2.91. The number of ether oxygens (including phenoxy) is 2. The Morgan fingerprint density at radius 1 is 1.28 bits per heavy atom. The number of rotatable bonds is 6. The van der Waals surface area contributed by atoms with Gasteiger partial charge in [-0.15, -0.1) is 0 Å². The Kier molecular flexibility index (Phi) is 3.93. The minimum atomic E-state index is -3.31. The van der Waals surface area contributed by atoms with Crippen molar-refractivity contribution in [1.29, 1.82) is 0 Å². The van der Waals surface area contributed by atoms with E-state index in [1.807, 2.05) is 0 Å². The third-order valence-corrected chi connectivity index (χ3v) is 3.86. The van der Waals surface area contributed by atoms with Gasteiger partial charge < -0.3 is 14.8 Å². The van der Waals surface area contributed by atoms with Crippen molar-refractivity contribution < 1.29 is 17.9 Å². The smallest absolute Gasteiger partial charge is 0.232 e. The Hall–Kier alpha value is -1.47. The molecule has 0 aliphatic carbocycles. The molecule has 0 radical (unpaired) electrons. The standard InChI is InChI=1S/C11H16N2O4S/c1-12-5-2-6-18(14,15)13-9-3-4-10-11(7-9)17-8-16-10/h3-4,7,12-13H,2,5-6,8H2,1H3. The molecule has 0 spiro atoms. The highest BCUT2D eigenvalue weighted by Gasteiger charge is 2.15. The second-order valence-electron chi connectivity index (χ2n) is 3.95. The maximum atomic E-state index is 11.8. The summed E-state index contributed by atoms with van der Waals surface area (Å²) >= 11 is 0. The number of hydrogen-bond donors (Lipinski definition) is 2. The fraction of sp³-hybridized carbons (Fsp3) is 0.455. The third-order valence-electron chi connectivity index (χ3n) is 2.49. The van der Waals surface area contributed by atoms with Gasteiger partial charge in [0, 0.05) is 6.07 Å². The first kappa shape index (κ1) is 13.0. The summed E-state index contributed by atoms with van der Waals surface area (Å²) in [4.78, 5) is 0. The monoisotopic (exact) mass is 272 g/mol. The molecule has 2 rings (SSSR count). The number of nitrogens with one attached hydrogen (secondary N) is 2.